The Morgan fingerprint density at radius 1 is 1.31 bits per heavy atom. The smallest absolute Gasteiger partial charge is 0.303 e. The summed E-state index contributed by atoms with van der Waals surface area (Å²) in [6.07, 6.45) is 0.633. The molecule has 3 N–H and O–H groups in total. The number of para-hydroxylation sites is 1. The molecule has 0 aliphatic carbocycles. The lowest BCUT2D eigenvalue weighted by Gasteiger charge is -2.52. The number of ether oxygens (including phenoxy) is 1. The molecule has 2 heterocycles. The monoisotopic (exact) mass is 372 g/mol. The third-order valence-corrected chi connectivity index (χ3v) is 5.73. The van der Waals surface area contributed by atoms with E-state index in [-0.39, 0.29) is 18.3 Å². The molecule has 2 aromatic carbocycles. The Kier molecular flexibility index (Phi) is 4.29. The summed E-state index contributed by atoms with van der Waals surface area (Å²) in [5, 5.41) is 10.1. The van der Waals surface area contributed by atoms with Gasteiger partial charge in [-0.05, 0) is 35.9 Å². The molecule has 0 amide bonds. The maximum absolute atomic E-state index is 11.6. The van der Waals surface area contributed by atoms with Crippen LogP contribution in [0.25, 0.3) is 0 Å². The number of aliphatic carboxylic acids is 1. The molecule has 1 fully saturated rings. The maximum atomic E-state index is 11.6. The Labute approximate surface area is 157 Å². The number of carboxylic acids is 1. The Morgan fingerprint density at radius 3 is 2.81 bits per heavy atom. The van der Waals surface area contributed by atoms with Crippen molar-refractivity contribution in [2.75, 3.05) is 18.0 Å². The molecule has 4 rings (SSSR count). The highest BCUT2D eigenvalue weighted by Gasteiger charge is 2.51. The summed E-state index contributed by atoms with van der Waals surface area (Å²) >= 11 is 6.17. The number of benzene rings is 2. The SMILES string of the molecule is NC12CCN(c3ccccc3)CC1C(CC(=O)O)c1cc(Cl)ccc1O2. The molecule has 0 spiro atoms. The fourth-order valence-electron chi connectivity index (χ4n) is 4.21. The van der Waals surface area contributed by atoms with Crippen molar-refractivity contribution in [2.24, 2.45) is 11.7 Å². The largest absolute Gasteiger partial charge is 0.481 e. The van der Waals surface area contributed by atoms with Crippen LogP contribution < -0.4 is 15.4 Å². The van der Waals surface area contributed by atoms with Gasteiger partial charge in [0.15, 0.2) is 5.72 Å². The number of hydrogen-bond acceptors (Lipinski definition) is 4. The van der Waals surface area contributed by atoms with Gasteiger partial charge in [0.2, 0.25) is 0 Å². The zero-order valence-electron chi connectivity index (χ0n) is 14.3. The van der Waals surface area contributed by atoms with E-state index in [0.717, 1.165) is 17.8 Å². The number of carboxylic acid groups (broad SMARTS) is 1. The standard InChI is InChI=1S/C20H21ClN2O3/c21-13-6-7-18-16(10-13)15(11-19(24)25)17-12-23(9-8-20(17,22)26-18)14-4-2-1-3-5-14/h1-7,10,15,17H,8-9,11-12,22H2,(H,24,25). The summed E-state index contributed by atoms with van der Waals surface area (Å²) in [6.45, 7) is 1.41. The molecule has 0 saturated carbocycles. The predicted octanol–water partition coefficient (Wildman–Crippen LogP) is 3.47. The number of anilines is 1. The zero-order valence-corrected chi connectivity index (χ0v) is 15.0. The molecular weight excluding hydrogens is 352 g/mol. The lowest BCUT2D eigenvalue weighted by molar-refractivity contribution is -0.138. The molecule has 0 aromatic heterocycles. The third kappa shape index (κ3) is 3.02. The Balaban J connectivity index is 1.73. The highest BCUT2D eigenvalue weighted by atomic mass is 35.5. The van der Waals surface area contributed by atoms with Crippen molar-refractivity contribution in [1.29, 1.82) is 0 Å². The van der Waals surface area contributed by atoms with E-state index in [1.807, 2.05) is 24.3 Å². The number of fused-ring (bicyclic) bond motifs is 2. The molecule has 6 heteroatoms. The lowest BCUT2D eigenvalue weighted by atomic mass is 9.72. The van der Waals surface area contributed by atoms with Crippen LogP contribution in [0.1, 0.15) is 24.3 Å². The summed E-state index contributed by atoms with van der Waals surface area (Å²) in [7, 11) is 0. The van der Waals surface area contributed by atoms with Gasteiger partial charge in [0, 0.05) is 42.1 Å². The second-order valence-corrected chi connectivity index (χ2v) is 7.52. The lowest BCUT2D eigenvalue weighted by Crippen LogP contribution is -2.64. The third-order valence-electron chi connectivity index (χ3n) is 5.49. The van der Waals surface area contributed by atoms with Crippen molar-refractivity contribution in [3.8, 4) is 5.75 Å². The summed E-state index contributed by atoms with van der Waals surface area (Å²) < 4.78 is 6.17. The fourth-order valence-corrected chi connectivity index (χ4v) is 4.39. The van der Waals surface area contributed by atoms with E-state index in [0.29, 0.717) is 23.7 Å². The predicted molar refractivity (Wildman–Crippen MR) is 101 cm³/mol. The minimum Gasteiger partial charge on any atom is -0.481 e. The molecule has 26 heavy (non-hydrogen) atoms. The van der Waals surface area contributed by atoms with Crippen molar-refractivity contribution >= 4 is 23.3 Å². The number of piperidine rings is 1. The molecule has 1 saturated heterocycles. The van der Waals surface area contributed by atoms with Gasteiger partial charge >= 0.3 is 5.97 Å². The molecule has 0 bridgehead atoms. The first-order chi connectivity index (χ1) is 12.5. The van der Waals surface area contributed by atoms with E-state index in [1.165, 1.54) is 0 Å². The van der Waals surface area contributed by atoms with E-state index in [4.69, 9.17) is 22.1 Å². The van der Waals surface area contributed by atoms with Crippen molar-refractivity contribution in [3.05, 3.63) is 59.1 Å². The minimum absolute atomic E-state index is 0.00293. The van der Waals surface area contributed by atoms with Gasteiger partial charge in [-0.15, -0.1) is 0 Å². The quantitative estimate of drug-likeness (QED) is 0.862. The molecule has 2 aromatic rings. The van der Waals surface area contributed by atoms with Gasteiger partial charge in [0.05, 0.1) is 6.42 Å². The van der Waals surface area contributed by atoms with E-state index >= 15 is 0 Å². The first-order valence-corrected chi connectivity index (χ1v) is 9.13. The topological polar surface area (TPSA) is 75.8 Å². The van der Waals surface area contributed by atoms with E-state index in [2.05, 4.69) is 17.0 Å². The molecule has 0 radical (unpaired) electrons. The Morgan fingerprint density at radius 2 is 2.08 bits per heavy atom. The van der Waals surface area contributed by atoms with Crippen LogP contribution in [0.2, 0.25) is 5.02 Å². The number of nitrogens with zero attached hydrogens (tertiary/aromatic N) is 1. The fraction of sp³-hybridized carbons (Fsp3) is 0.350. The molecule has 2 aliphatic heterocycles. The van der Waals surface area contributed by atoms with Crippen molar-refractivity contribution < 1.29 is 14.6 Å². The van der Waals surface area contributed by atoms with Crippen LogP contribution in [0.5, 0.6) is 5.75 Å². The molecule has 5 nitrogen and oxygen atoms in total. The van der Waals surface area contributed by atoms with Crippen LogP contribution in [0.4, 0.5) is 5.69 Å². The minimum atomic E-state index is -0.869. The number of carbonyl (C=O) groups is 1. The van der Waals surface area contributed by atoms with Crippen LogP contribution in [-0.4, -0.2) is 29.9 Å². The molecule has 3 atom stereocenters. The number of rotatable bonds is 3. The van der Waals surface area contributed by atoms with Crippen molar-refractivity contribution in [1.82, 2.24) is 0 Å². The second kappa shape index (κ2) is 6.49. The highest BCUT2D eigenvalue weighted by molar-refractivity contribution is 6.30. The average molecular weight is 373 g/mol. The molecule has 2 aliphatic rings. The summed E-state index contributed by atoms with van der Waals surface area (Å²) in [6, 6.07) is 15.5. The van der Waals surface area contributed by atoms with E-state index in [1.54, 1.807) is 12.1 Å². The highest BCUT2D eigenvalue weighted by Crippen LogP contribution is 2.49. The van der Waals surface area contributed by atoms with Crippen LogP contribution in [-0.2, 0) is 4.79 Å². The van der Waals surface area contributed by atoms with Gasteiger partial charge in [0.1, 0.15) is 5.75 Å². The number of nitrogens with two attached hydrogens (primary N) is 1. The maximum Gasteiger partial charge on any atom is 0.303 e. The van der Waals surface area contributed by atoms with Gasteiger partial charge < -0.3 is 14.7 Å². The molecular formula is C20H21ClN2O3. The van der Waals surface area contributed by atoms with Crippen molar-refractivity contribution in [3.63, 3.8) is 0 Å². The van der Waals surface area contributed by atoms with Gasteiger partial charge in [-0.3, -0.25) is 10.5 Å². The molecule has 3 unspecified atom stereocenters. The molecule has 136 valence electrons. The number of hydrogen-bond donors (Lipinski definition) is 2. The summed E-state index contributed by atoms with van der Waals surface area (Å²) in [5.74, 6) is -0.584. The average Bonchev–Trinajstić information content (AvgIpc) is 2.62. The van der Waals surface area contributed by atoms with Crippen LogP contribution >= 0.6 is 11.6 Å². The normalized spacial score (nSPS) is 27.2. The zero-order chi connectivity index (χ0) is 18.3. The summed E-state index contributed by atoms with van der Waals surface area (Å²) in [4.78, 5) is 13.8. The van der Waals surface area contributed by atoms with Gasteiger partial charge in [-0.25, -0.2) is 0 Å². The van der Waals surface area contributed by atoms with Crippen LogP contribution in [0.3, 0.4) is 0 Å². The van der Waals surface area contributed by atoms with Crippen molar-refractivity contribution in [2.45, 2.75) is 24.5 Å². The first kappa shape index (κ1) is 17.2. The van der Waals surface area contributed by atoms with Gasteiger partial charge in [0.25, 0.3) is 0 Å². The van der Waals surface area contributed by atoms with Crippen LogP contribution in [0, 0.1) is 5.92 Å². The first-order valence-electron chi connectivity index (χ1n) is 8.75. The number of halogens is 1. The van der Waals surface area contributed by atoms with E-state index < -0.39 is 11.7 Å². The summed E-state index contributed by atoms with van der Waals surface area (Å²) in [5.41, 5.74) is 7.73. The Bertz CT molecular complexity index is 829. The van der Waals surface area contributed by atoms with Gasteiger partial charge in [-0.1, -0.05) is 29.8 Å². The van der Waals surface area contributed by atoms with E-state index in [9.17, 15) is 9.90 Å². The van der Waals surface area contributed by atoms with Crippen LogP contribution in [0.15, 0.2) is 48.5 Å². The Hall–Kier alpha value is -2.24. The second-order valence-electron chi connectivity index (χ2n) is 7.08. The van der Waals surface area contributed by atoms with Gasteiger partial charge in [-0.2, -0.15) is 0 Å².